The molecular weight excluding hydrogens is 1290 g/mol. The number of ether oxygens (including phenoxy) is 6. The van der Waals surface area contributed by atoms with Gasteiger partial charge < -0.3 is 43.7 Å². The molecule has 3 aromatic heterocycles. The fourth-order valence-corrected chi connectivity index (χ4v) is 20.2. The number of carbonyl (C=O) groups is 6. The quantitative estimate of drug-likeness (QED) is 0.122. The maximum Gasteiger partial charge on any atom is 0.307 e. The Kier molecular flexibility index (Phi) is 16.9. The van der Waals surface area contributed by atoms with Crippen molar-refractivity contribution in [3.8, 4) is 0 Å². The third-order valence-corrected chi connectivity index (χ3v) is 25.6. The zero-order valence-corrected chi connectivity index (χ0v) is 58.0. The number of pyridine rings is 3. The molecule has 0 amide bonds. The summed E-state index contributed by atoms with van der Waals surface area (Å²) in [6.45, 7) is 6.89. The van der Waals surface area contributed by atoms with Gasteiger partial charge in [0.25, 0.3) is 0 Å². The van der Waals surface area contributed by atoms with Gasteiger partial charge in [0.2, 0.25) is 0 Å². The first-order valence-electron chi connectivity index (χ1n) is 35.8. The number of methoxy groups -OCH3 is 3. The Balaban J connectivity index is 0.000000118. The van der Waals surface area contributed by atoms with Crippen molar-refractivity contribution in [2.45, 2.75) is 146 Å². The van der Waals surface area contributed by atoms with E-state index in [9.17, 15) is 44.1 Å². The number of aliphatic carboxylic acids is 3. The van der Waals surface area contributed by atoms with Crippen molar-refractivity contribution in [1.82, 2.24) is 15.0 Å². The normalized spacial score (nSPS) is 34.4. The molecule has 18 rings (SSSR count). The van der Waals surface area contributed by atoms with E-state index in [1.807, 2.05) is 67.4 Å². The zero-order valence-electron chi connectivity index (χ0n) is 58.0. The molecule has 18 nitrogen and oxygen atoms in total. The Morgan fingerprint density at radius 1 is 0.451 bits per heavy atom. The summed E-state index contributed by atoms with van der Waals surface area (Å²) in [5.41, 5.74) is 8.04. The molecule has 0 radical (unpaired) electrons. The summed E-state index contributed by atoms with van der Waals surface area (Å²) in [7, 11) is 5.32. The summed E-state index contributed by atoms with van der Waals surface area (Å²) in [6, 6.07) is 25.8. The largest absolute Gasteiger partial charge is 0.489 e. The number of allylic oxidation sites excluding steroid dienone is 11. The van der Waals surface area contributed by atoms with E-state index in [0.29, 0.717) is 34.0 Å². The summed E-state index contributed by atoms with van der Waals surface area (Å²) >= 11 is 0. The lowest BCUT2D eigenvalue weighted by atomic mass is 9.61. The molecule has 18 heteroatoms. The minimum atomic E-state index is -0.946. The number of fused-ring (bicyclic) bond motifs is 12. The third-order valence-electron chi connectivity index (χ3n) is 25.6. The number of carboxylic acids is 3. The fraction of sp³-hybridized carbons (Fsp3) is 0.417. The monoisotopic (exact) mass is 1370 g/mol. The Morgan fingerprint density at radius 3 is 1.28 bits per heavy atom. The molecule has 524 valence electrons. The van der Waals surface area contributed by atoms with Gasteiger partial charge in [0.1, 0.15) is 35.6 Å². The number of carboxylic acid groups (broad SMARTS) is 3. The van der Waals surface area contributed by atoms with Gasteiger partial charge in [0.05, 0.1) is 52.8 Å². The summed E-state index contributed by atoms with van der Waals surface area (Å²) in [5, 5.41) is 35.3. The van der Waals surface area contributed by atoms with Crippen LogP contribution in [0.3, 0.4) is 0 Å². The third kappa shape index (κ3) is 11.2. The number of hydrogen-bond donors (Lipinski definition) is 3. The van der Waals surface area contributed by atoms with Crippen LogP contribution in [0.4, 0.5) is 0 Å². The first-order chi connectivity index (χ1) is 49.2. The summed E-state index contributed by atoms with van der Waals surface area (Å²) in [4.78, 5) is 85.6. The number of carbonyl (C=O) groups excluding carboxylic acids is 3. The average molecular weight is 1370 g/mol. The van der Waals surface area contributed by atoms with E-state index in [1.165, 1.54) is 27.6 Å². The molecule has 0 spiro atoms. The summed E-state index contributed by atoms with van der Waals surface area (Å²) < 4.78 is 37.6. The molecule has 102 heavy (non-hydrogen) atoms. The molecule has 3 unspecified atom stereocenters. The second-order valence-electron chi connectivity index (χ2n) is 30.9. The molecule has 12 aliphatic rings. The van der Waals surface area contributed by atoms with E-state index in [-0.39, 0.29) is 144 Å². The highest BCUT2D eigenvalue weighted by Crippen LogP contribution is 2.65. The number of ketones is 3. The van der Waals surface area contributed by atoms with Crippen molar-refractivity contribution in [3.63, 3.8) is 0 Å². The minimum Gasteiger partial charge on any atom is -0.489 e. The maximum absolute atomic E-state index is 12.7. The molecule has 9 aliphatic carbocycles. The molecule has 0 saturated heterocycles. The SMILES string of the molecule is CO[C@@H]1C[C@H]2[C@@H]3OC4=C(C=C3C=C[C@]2(C)[C@H]1c1ccc2ccncc2c1)C(=O)CC(C(=O)O)C4.CO[C@@H]1C[C@H]2[C@@H]3OC4=C(C=C3C=C[C@]2(C)[C@H]1c1ccc2cnccc2c1)C(=O)CC(C(=O)O)C4.CO[C@@H]1C[C@H]2[C@@H]3OC4=C(C=C3CC[C@]2(C)[C@H]1c1ccc2ccncc2c1)C(=O)CC(C(=O)O)C4. The maximum atomic E-state index is 12.7. The van der Waals surface area contributed by atoms with Gasteiger partial charge in [-0.2, -0.15) is 0 Å². The molecular formula is C84H83N3O15. The van der Waals surface area contributed by atoms with Crippen molar-refractivity contribution in [2.24, 2.45) is 51.8 Å². The van der Waals surface area contributed by atoms with E-state index in [0.717, 1.165) is 70.2 Å². The Bertz CT molecular complexity index is 4620. The highest BCUT2D eigenvalue weighted by atomic mass is 16.5. The molecule has 3 aromatic carbocycles. The van der Waals surface area contributed by atoms with Gasteiger partial charge in [0, 0.05) is 160 Å². The van der Waals surface area contributed by atoms with Crippen molar-refractivity contribution >= 4 is 67.6 Å². The van der Waals surface area contributed by atoms with Crippen molar-refractivity contribution < 1.29 is 72.5 Å². The number of hydrogen-bond acceptors (Lipinski definition) is 15. The van der Waals surface area contributed by atoms with Crippen molar-refractivity contribution in [3.05, 3.63) is 220 Å². The van der Waals surface area contributed by atoms with Gasteiger partial charge in [-0.15, -0.1) is 0 Å². The lowest BCUT2D eigenvalue weighted by molar-refractivity contribution is -0.145. The molecule has 4 fully saturated rings. The van der Waals surface area contributed by atoms with Crippen LogP contribution >= 0.6 is 0 Å². The predicted molar refractivity (Wildman–Crippen MR) is 378 cm³/mol. The molecule has 18 atom stereocenters. The van der Waals surface area contributed by atoms with E-state index in [4.69, 9.17) is 28.4 Å². The Labute approximate surface area is 591 Å². The van der Waals surface area contributed by atoms with Crippen LogP contribution in [0, 0.1) is 51.8 Å². The topological polar surface area (TPSA) is 257 Å². The molecule has 0 bridgehead atoms. The number of nitrogens with zero attached hydrogens (tertiary/aromatic N) is 3. The van der Waals surface area contributed by atoms with E-state index in [1.54, 1.807) is 27.5 Å². The number of benzene rings is 3. The minimum absolute atomic E-state index is 0.00635. The van der Waals surface area contributed by atoms with Crippen LogP contribution in [-0.4, -0.2) is 123 Å². The van der Waals surface area contributed by atoms with Crippen molar-refractivity contribution in [1.29, 1.82) is 0 Å². The van der Waals surface area contributed by atoms with Crippen LogP contribution in [0.5, 0.6) is 0 Å². The standard InChI is InChI=1S/C28H27NO5.C28H29NO5.C28H27NO5/c1-28-7-5-17-10-20-22(30)11-19(27(31)32)12-23(20)34-26(17)21(28)13-24(33-2)25(28)16-3-4-18-14-29-8-6-15(18)9-16;2*1-28-7-5-17-10-20-22(30)11-18(27(31)32)12-23(20)34-26(17)21(28)13-24(33-2)25(28)16-4-3-15-6-8-29-14-19(15)9-16/h3-10,14,19,21,24-26H,11-13H2,1-2H3,(H,31,32);3-4,6,8-10,14,18,21,24-26H,5,7,11-13H2,1-2H3,(H,31,32);3-10,14,18,21,24-26H,11-13H2,1-2H3,(H,31,32)/t19?,21-,24+,25-,26+,28-;2*18?,21-,24+,25-,26+,28-/m000/s1. The molecule has 4 saturated carbocycles. The number of aromatic nitrogens is 3. The van der Waals surface area contributed by atoms with Crippen LogP contribution in [0.25, 0.3) is 32.3 Å². The number of rotatable bonds is 9. The lowest BCUT2D eigenvalue weighted by Gasteiger charge is -2.48. The van der Waals surface area contributed by atoms with Gasteiger partial charge in [-0.3, -0.25) is 43.7 Å². The number of Topliss-reactive ketones (excluding diaryl/α,β-unsaturated/α-hetero) is 3. The first kappa shape index (κ1) is 67.0. The Hall–Kier alpha value is -9.49. The van der Waals surface area contributed by atoms with Gasteiger partial charge in [-0.25, -0.2) is 0 Å². The van der Waals surface area contributed by atoms with Crippen LogP contribution < -0.4 is 0 Å². The van der Waals surface area contributed by atoms with Crippen LogP contribution in [0.15, 0.2) is 203 Å². The van der Waals surface area contributed by atoms with E-state index in [2.05, 4.69) is 115 Å². The van der Waals surface area contributed by atoms with Crippen LogP contribution in [0.1, 0.15) is 126 Å². The smallest absolute Gasteiger partial charge is 0.307 e. The summed E-state index contributed by atoms with van der Waals surface area (Å²) in [6.07, 6.45) is 30.5. The fourth-order valence-electron chi connectivity index (χ4n) is 20.2. The molecule has 3 N–H and O–H groups in total. The summed E-state index contributed by atoms with van der Waals surface area (Å²) in [5.74, 6) is -2.77. The van der Waals surface area contributed by atoms with Gasteiger partial charge in [0.15, 0.2) is 17.3 Å². The van der Waals surface area contributed by atoms with Crippen LogP contribution in [-0.2, 0) is 57.2 Å². The van der Waals surface area contributed by atoms with E-state index < -0.39 is 35.7 Å². The highest BCUT2D eigenvalue weighted by Gasteiger charge is 2.62. The van der Waals surface area contributed by atoms with Gasteiger partial charge in [-0.1, -0.05) is 87.5 Å². The predicted octanol–water partition coefficient (Wildman–Crippen LogP) is 13.9. The Morgan fingerprint density at radius 2 is 0.833 bits per heavy atom. The molecule has 6 aromatic rings. The first-order valence-corrected chi connectivity index (χ1v) is 35.8. The highest BCUT2D eigenvalue weighted by molar-refractivity contribution is 6.03. The molecule has 3 aliphatic heterocycles. The lowest BCUT2D eigenvalue weighted by Crippen LogP contribution is -2.44. The average Bonchev–Trinajstić information content (AvgIpc) is 1.56. The zero-order chi connectivity index (χ0) is 70.8. The van der Waals surface area contributed by atoms with Gasteiger partial charge in [-0.05, 0) is 136 Å². The second-order valence-corrected chi connectivity index (χ2v) is 30.9. The second kappa shape index (κ2) is 25.8. The molecule has 6 heterocycles. The van der Waals surface area contributed by atoms with E-state index >= 15 is 0 Å². The van der Waals surface area contributed by atoms with Gasteiger partial charge >= 0.3 is 17.9 Å². The van der Waals surface area contributed by atoms with Crippen LogP contribution in [0.2, 0.25) is 0 Å². The van der Waals surface area contributed by atoms with Crippen molar-refractivity contribution in [2.75, 3.05) is 21.3 Å².